The Kier molecular flexibility index (Phi) is 3.71. The molecule has 2 aromatic heterocycles. The molecule has 1 aliphatic heterocycles. The van der Waals surface area contributed by atoms with Crippen molar-refractivity contribution in [2.75, 3.05) is 19.3 Å². The van der Waals surface area contributed by atoms with E-state index in [1.807, 2.05) is 0 Å². The molecular weight excluding hydrogens is 310 g/mol. The van der Waals surface area contributed by atoms with Gasteiger partial charge in [-0.15, -0.1) is 0 Å². The van der Waals surface area contributed by atoms with Crippen molar-refractivity contribution >= 4 is 15.9 Å². The molecule has 118 valence electrons. The zero-order valence-electron chi connectivity index (χ0n) is 11.8. The van der Waals surface area contributed by atoms with Crippen LogP contribution in [0.3, 0.4) is 0 Å². The Hall–Kier alpha value is -2.20. The molecule has 0 saturated carbocycles. The van der Waals surface area contributed by atoms with Crippen LogP contribution in [-0.4, -0.2) is 53.3 Å². The van der Waals surface area contributed by atoms with E-state index in [9.17, 15) is 13.2 Å². The molecule has 0 unspecified atom stereocenters. The van der Waals surface area contributed by atoms with E-state index in [-0.39, 0.29) is 24.2 Å². The minimum atomic E-state index is -3.31. The molecule has 2 aromatic rings. The number of sulfonamides is 1. The van der Waals surface area contributed by atoms with E-state index >= 15 is 0 Å². The maximum absolute atomic E-state index is 12.4. The van der Waals surface area contributed by atoms with Crippen LogP contribution >= 0.6 is 0 Å². The summed E-state index contributed by atoms with van der Waals surface area (Å²) in [6, 6.07) is 1.53. The number of fused-ring (bicyclic) bond motifs is 1. The number of carbonyl (C=O) groups is 1. The van der Waals surface area contributed by atoms with E-state index in [4.69, 9.17) is 4.42 Å². The van der Waals surface area contributed by atoms with Gasteiger partial charge in [0.1, 0.15) is 6.26 Å². The number of nitrogens with zero attached hydrogens (tertiary/aromatic N) is 4. The maximum atomic E-state index is 12.4. The molecule has 1 amide bonds. The number of hydrogen-bond acceptors (Lipinski definition) is 6. The highest BCUT2D eigenvalue weighted by atomic mass is 32.2. The Balaban J connectivity index is 1.81. The van der Waals surface area contributed by atoms with Gasteiger partial charge in [0.2, 0.25) is 10.0 Å². The van der Waals surface area contributed by atoms with E-state index < -0.39 is 10.0 Å². The van der Waals surface area contributed by atoms with Crippen LogP contribution in [0.4, 0.5) is 0 Å². The molecule has 0 fully saturated rings. The number of rotatable bonds is 4. The third-order valence-corrected chi connectivity index (χ3v) is 4.09. The van der Waals surface area contributed by atoms with Crippen LogP contribution in [0, 0.1) is 0 Å². The zero-order valence-corrected chi connectivity index (χ0v) is 12.7. The van der Waals surface area contributed by atoms with Gasteiger partial charge >= 0.3 is 0 Å². The normalized spacial score (nSPS) is 18.2. The monoisotopic (exact) mass is 325 g/mol. The molecular formula is C12H15N5O4S. The van der Waals surface area contributed by atoms with Crippen molar-refractivity contribution < 1.29 is 17.6 Å². The molecule has 0 aromatic carbocycles. The standard InChI is InChI=1S/C12H15N5O4S/c1-22(19,20)15-4-10-6-16(5-9-2-3-14-17(9)10)12(18)11-7-21-8-13-11/h2-3,7-8,10,15H,4-6H2,1H3/t10-/m1/s1. The summed E-state index contributed by atoms with van der Waals surface area (Å²) >= 11 is 0. The number of nitrogens with one attached hydrogen (secondary N) is 1. The van der Waals surface area contributed by atoms with Gasteiger partial charge in [0, 0.05) is 19.3 Å². The highest BCUT2D eigenvalue weighted by Crippen LogP contribution is 2.21. The quantitative estimate of drug-likeness (QED) is 0.820. The van der Waals surface area contributed by atoms with Gasteiger partial charge in [0.25, 0.3) is 5.91 Å². The fraction of sp³-hybridized carbons (Fsp3) is 0.417. The van der Waals surface area contributed by atoms with Gasteiger partial charge in [-0.25, -0.2) is 18.1 Å². The molecule has 0 radical (unpaired) electrons. The highest BCUT2D eigenvalue weighted by Gasteiger charge is 2.30. The molecule has 22 heavy (non-hydrogen) atoms. The first-order chi connectivity index (χ1) is 10.4. The summed E-state index contributed by atoms with van der Waals surface area (Å²) < 4.78 is 31.6. The summed E-state index contributed by atoms with van der Waals surface area (Å²) in [6.07, 6.45) is 5.22. The molecule has 3 heterocycles. The van der Waals surface area contributed by atoms with Crippen LogP contribution in [-0.2, 0) is 16.6 Å². The average Bonchev–Trinajstić information content (AvgIpc) is 3.13. The first-order valence-electron chi connectivity index (χ1n) is 6.58. The van der Waals surface area contributed by atoms with Crippen molar-refractivity contribution in [3.8, 4) is 0 Å². The van der Waals surface area contributed by atoms with Gasteiger partial charge < -0.3 is 9.32 Å². The lowest BCUT2D eigenvalue weighted by molar-refractivity contribution is 0.0665. The van der Waals surface area contributed by atoms with Gasteiger partial charge in [-0.2, -0.15) is 5.10 Å². The lowest BCUT2D eigenvalue weighted by atomic mass is 10.2. The van der Waals surface area contributed by atoms with Crippen molar-refractivity contribution in [2.45, 2.75) is 12.6 Å². The summed E-state index contributed by atoms with van der Waals surface area (Å²) in [5.41, 5.74) is 1.06. The summed E-state index contributed by atoms with van der Waals surface area (Å²) in [5, 5.41) is 4.21. The van der Waals surface area contributed by atoms with Crippen molar-refractivity contribution in [2.24, 2.45) is 0 Å². The van der Waals surface area contributed by atoms with E-state index in [0.717, 1.165) is 11.9 Å². The second-order valence-electron chi connectivity index (χ2n) is 5.10. The van der Waals surface area contributed by atoms with E-state index in [0.29, 0.717) is 13.1 Å². The van der Waals surface area contributed by atoms with Gasteiger partial charge in [-0.1, -0.05) is 0 Å². The topological polar surface area (TPSA) is 110 Å². The van der Waals surface area contributed by atoms with Gasteiger partial charge in [-0.3, -0.25) is 9.48 Å². The fourth-order valence-corrected chi connectivity index (χ4v) is 2.92. The molecule has 0 spiro atoms. The van der Waals surface area contributed by atoms with Crippen LogP contribution in [0.2, 0.25) is 0 Å². The van der Waals surface area contributed by atoms with Crippen molar-refractivity contribution in [1.82, 2.24) is 24.4 Å². The number of aromatic nitrogens is 3. The predicted molar refractivity (Wildman–Crippen MR) is 75.4 cm³/mol. The summed E-state index contributed by atoms with van der Waals surface area (Å²) in [5.74, 6) is -0.259. The van der Waals surface area contributed by atoms with E-state index in [1.54, 1.807) is 21.8 Å². The Labute approximate surface area is 127 Å². The largest absolute Gasteiger partial charge is 0.451 e. The second kappa shape index (κ2) is 5.54. The number of hydrogen-bond donors (Lipinski definition) is 1. The Morgan fingerprint density at radius 3 is 3.05 bits per heavy atom. The maximum Gasteiger partial charge on any atom is 0.276 e. The minimum absolute atomic E-state index is 0.163. The van der Waals surface area contributed by atoms with Crippen molar-refractivity contribution in [3.63, 3.8) is 0 Å². The van der Waals surface area contributed by atoms with Crippen LogP contribution in [0.25, 0.3) is 0 Å². The third-order valence-electron chi connectivity index (χ3n) is 3.40. The van der Waals surface area contributed by atoms with Crippen LogP contribution in [0.15, 0.2) is 29.3 Å². The van der Waals surface area contributed by atoms with Gasteiger partial charge in [0.15, 0.2) is 12.1 Å². The van der Waals surface area contributed by atoms with Crippen LogP contribution < -0.4 is 4.72 Å². The Morgan fingerprint density at radius 1 is 1.55 bits per heavy atom. The zero-order chi connectivity index (χ0) is 15.7. The molecule has 1 atom stereocenters. The van der Waals surface area contributed by atoms with Gasteiger partial charge in [0.05, 0.1) is 24.5 Å². The molecule has 0 bridgehead atoms. The predicted octanol–water partition coefficient (Wildman–Crippen LogP) is -0.383. The summed E-state index contributed by atoms with van der Waals surface area (Å²) in [6.45, 7) is 0.889. The SMILES string of the molecule is CS(=O)(=O)NC[C@@H]1CN(C(=O)c2cocn2)Cc2ccnn21. The second-order valence-corrected chi connectivity index (χ2v) is 6.93. The fourth-order valence-electron chi connectivity index (χ4n) is 2.42. The molecule has 10 heteroatoms. The third kappa shape index (κ3) is 3.02. The first kappa shape index (κ1) is 14.7. The molecule has 1 aliphatic rings. The molecule has 0 saturated heterocycles. The first-order valence-corrected chi connectivity index (χ1v) is 8.47. The van der Waals surface area contributed by atoms with Gasteiger partial charge in [-0.05, 0) is 6.07 Å². The van der Waals surface area contributed by atoms with E-state index in [2.05, 4.69) is 14.8 Å². The van der Waals surface area contributed by atoms with Crippen molar-refractivity contribution in [3.05, 3.63) is 36.3 Å². The molecule has 3 rings (SSSR count). The van der Waals surface area contributed by atoms with Crippen LogP contribution in [0.1, 0.15) is 22.2 Å². The Morgan fingerprint density at radius 2 is 2.36 bits per heavy atom. The molecule has 9 nitrogen and oxygen atoms in total. The van der Waals surface area contributed by atoms with E-state index in [1.165, 1.54) is 12.7 Å². The summed E-state index contributed by atoms with van der Waals surface area (Å²) in [7, 11) is -3.31. The molecule has 1 N–H and O–H groups in total. The van der Waals surface area contributed by atoms with Crippen LogP contribution in [0.5, 0.6) is 0 Å². The van der Waals surface area contributed by atoms with Crippen molar-refractivity contribution in [1.29, 1.82) is 0 Å². The minimum Gasteiger partial charge on any atom is -0.451 e. The lowest BCUT2D eigenvalue weighted by Crippen LogP contribution is -2.45. The smallest absolute Gasteiger partial charge is 0.276 e. The molecule has 0 aliphatic carbocycles. The highest BCUT2D eigenvalue weighted by molar-refractivity contribution is 7.88. The summed E-state index contributed by atoms with van der Waals surface area (Å²) in [4.78, 5) is 17.8. The average molecular weight is 325 g/mol. The number of carbonyl (C=O) groups excluding carboxylic acids is 1. The number of amides is 1. The Bertz CT molecular complexity index is 767. The lowest BCUT2D eigenvalue weighted by Gasteiger charge is -2.33. The number of oxazole rings is 1.